The van der Waals surface area contributed by atoms with E-state index in [1.54, 1.807) is 7.05 Å². The molecular formula is C13H27NO3. The SMILES string of the molecule is CC.CCCCC(=O)N(C)C(C(=O)O)C(C)C. The van der Waals surface area contributed by atoms with Gasteiger partial charge in [-0.25, -0.2) is 4.79 Å². The first-order chi connectivity index (χ1) is 7.91. The smallest absolute Gasteiger partial charge is 0.326 e. The van der Waals surface area contributed by atoms with E-state index < -0.39 is 12.0 Å². The van der Waals surface area contributed by atoms with Crippen LogP contribution in [0.3, 0.4) is 0 Å². The van der Waals surface area contributed by atoms with Gasteiger partial charge in [0.25, 0.3) is 0 Å². The first kappa shape index (κ1) is 18.3. The highest BCUT2D eigenvalue weighted by Crippen LogP contribution is 2.11. The topological polar surface area (TPSA) is 57.6 Å². The Bertz CT molecular complexity index is 227. The number of amides is 1. The molecule has 1 N–H and O–H groups in total. The lowest BCUT2D eigenvalue weighted by atomic mass is 10.0. The third kappa shape index (κ3) is 6.97. The van der Waals surface area contributed by atoms with Crippen LogP contribution in [-0.2, 0) is 9.59 Å². The van der Waals surface area contributed by atoms with Crippen molar-refractivity contribution in [1.82, 2.24) is 4.90 Å². The van der Waals surface area contributed by atoms with Gasteiger partial charge in [-0.05, 0) is 12.3 Å². The number of nitrogens with zero attached hydrogens (tertiary/aromatic N) is 1. The van der Waals surface area contributed by atoms with Crippen molar-refractivity contribution in [3.8, 4) is 0 Å². The zero-order valence-corrected chi connectivity index (χ0v) is 12.0. The Morgan fingerprint density at radius 2 is 1.71 bits per heavy atom. The molecule has 0 saturated carbocycles. The van der Waals surface area contributed by atoms with E-state index in [1.165, 1.54) is 4.90 Å². The average Bonchev–Trinajstić information content (AvgIpc) is 2.27. The van der Waals surface area contributed by atoms with Crippen LogP contribution in [0.2, 0.25) is 0 Å². The van der Waals surface area contributed by atoms with Crippen LogP contribution in [0.25, 0.3) is 0 Å². The average molecular weight is 245 g/mol. The molecule has 0 fully saturated rings. The van der Waals surface area contributed by atoms with Crippen molar-refractivity contribution >= 4 is 11.9 Å². The van der Waals surface area contributed by atoms with Crippen LogP contribution in [0.15, 0.2) is 0 Å². The van der Waals surface area contributed by atoms with Crippen molar-refractivity contribution in [3.63, 3.8) is 0 Å². The van der Waals surface area contributed by atoms with Crippen molar-refractivity contribution in [2.24, 2.45) is 5.92 Å². The van der Waals surface area contributed by atoms with Gasteiger partial charge in [0.05, 0.1) is 0 Å². The van der Waals surface area contributed by atoms with Gasteiger partial charge in [-0.1, -0.05) is 41.0 Å². The molecule has 1 unspecified atom stereocenters. The minimum absolute atomic E-state index is 0.0712. The Kier molecular flexibility index (Phi) is 10.9. The van der Waals surface area contributed by atoms with Gasteiger partial charge in [-0.15, -0.1) is 0 Å². The first-order valence-corrected chi connectivity index (χ1v) is 6.40. The minimum Gasteiger partial charge on any atom is -0.480 e. The maximum Gasteiger partial charge on any atom is 0.326 e. The molecule has 102 valence electrons. The van der Waals surface area contributed by atoms with E-state index in [1.807, 2.05) is 34.6 Å². The van der Waals surface area contributed by atoms with Gasteiger partial charge >= 0.3 is 5.97 Å². The van der Waals surface area contributed by atoms with E-state index in [-0.39, 0.29) is 11.8 Å². The first-order valence-electron chi connectivity index (χ1n) is 6.40. The molecule has 0 aliphatic rings. The van der Waals surface area contributed by atoms with Gasteiger partial charge in [-0.3, -0.25) is 4.79 Å². The van der Waals surface area contributed by atoms with Gasteiger partial charge in [0.15, 0.2) is 0 Å². The number of unbranched alkanes of at least 4 members (excludes halogenated alkanes) is 1. The van der Waals surface area contributed by atoms with E-state index >= 15 is 0 Å². The molecule has 0 aliphatic heterocycles. The Morgan fingerprint density at radius 3 is 2.00 bits per heavy atom. The van der Waals surface area contributed by atoms with E-state index in [2.05, 4.69) is 0 Å². The van der Waals surface area contributed by atoms with Gasteiger partial charge in [0.1, 0.15) is 6.04 Å². The summed E-state index contributed by atoms with van der Waals surface area (Å²) in [4.78, 5) is 23.9. The maximum absolute atomic E-state index is 11.6. The summed E-state index contributed by atoms with van der Waals surface area (Å²) in [5.41, 5.74) is 0. The minimum atomic E-state index is -0.933. The third-order valence-electron chi connectivity index (χ3n) is 2.44. The Hall–Kier alpha value is -1.06. The molecule has 4 nitrogen and oxygen atoms in total. The summed E-state index contributed by atoms with van der Waals surface area (Å²) in [7, 11) is 1.57. The van der Waals surface area contributed by atoms with Crippen LogP contribution in [0.5, 0.6) is 0 Å². The molecule has 0 heterocycles. The summed E-state index contributed by atoms with van der Waals surface area (Å²) >= 11 is 0. The van der Waals surface area contributed by atoms with Crippen LogP contribution in [0, 0.1) is 5.92 Å². The van der Waals surface area contributed by atoms with Crippen molar-refractivity contribution in [2.75, 3.05) is 7.05 Å². The summed E-state index contributed by atoms with van der Waals surface area (Å²) in [6, 6.07) is -0.714. The lowest BCUT2D eigenvalue weighted by Gasteiger charge is -2.27. The van der Waals surface area contributed by atoms with Crippen molar-refractivity contribution in [1.29, 1.82) is 0 Å². The fourth-order valence-corrected chi connectivity index (χ4v) is 1.56. The molecule has 0 saturated heterocycles. The summed E-state index contributed by atoms with van der Waals surface area (Å²) in [5.74, 6) is -1.09. The lowest BCUT2D eigenvalue weighted by molar-refractivity contribution is -0.151. The van der Waals surface area contributed by atoms with E-state index in [9.17, 15) is 9.59 Å². The molecule has 0 rings (SSSR count). The zero-order chi connectivity index (χ0) is 14.0. The van der Waals surface area contributed by atoms with E-state index in [0.717, 1.165) is 12.8 Å². The van der Waals surface area contributed by atoms with Crippen molar-refractivity contribution in [2.45, 2.75) is 59.9 Å². The second-order valence-corrected chi connectivity index (χ2v) is 4.14. The predicted octanol–water partition coefficient (Wildman–Crippen LogP) is 2.77. The van der Waals surface area contributed by atoms with Crippen LogP contribution in [0.1, 0.15) is 53.9 Å². The number of likely N-dealkylation sites (N-methyl/N-ethyl adjacent to an activating group) is 1. The number of carboxylic acids is 1. The summed E-state index contributed by atoms with van der Waals surface area (Å²) in [6.07, 6.45) is 2.19. The third-order valence-corrected chi connectivity index (χ3v) is 2.44. The highest BCUT2D eigenvalue weighted by Gasteiger charge is 2.28. The van der Waals surface area contributed by atoms with Crippen molar-refractivity contribution in [3.05, 3.63) is 0 Å². The number of carbonyl (C=O) groups excluding carboxylic acids is 1. The largest absolute Gasteiger partial charge is 0.480 e. The molecule has 0 aromatic heterocycles. The zero-order valence-electron chi connectivity index (χ0n) is 12.0. The summed E-state index contributed by atoms with van der Waals surface area (Å²) in [5, 5.41) is 8.99. The number of carbonyl (C=O) groups is 2. The fourth-order valence-electron chi connectivity index (χ4n) is 1.56. The molecule has 0 aliphatic carbocycles. The standard InChI is InChI=1S/C11H21NO3.C2H6/c1-5-6-7-9(13)12(4)10(8(2)3)11(14)15;1-2/h8,10H,5-7H2,1-4H3,(H,14,15);1-2H3. The molecule has 0 bridgehead atoms. The van der Waals surface area contributed by atoms with Crippen LogP contribution in [0.4, 0.5) is 0 Å². The number of hydrogen-bond acceptors (Lipinski definition) is 2. The van der Waals surface area contributed by atoms with Gasteiger partial charge in [-0.2, -0.15) is 0 Å². The quantitative estimate of drug-likeness (QED) is 0.782. The molecule has 1 amide bonds. The Morgan fingerprint density at radius 1 is 1.24 bits per heavy atom. The monoisotopic (exact) mass is 245 g/mol. The fraction of sp³-hybridized carbons (Fsp3) is 0.846. The Labute approximate surface area is 105 Å². The van der Waals surface area contributed by atoms with E-state index in [4.69, 9.17) is 5.11 Å². The molecule has 0 aromatic rings. The van der Waals surface area contributed by atoms with Crippen LogP contribution < -0.4 is 0 Å². The summed E-state index contributed by atoms with van der Waals surface area (Å²) < 4.78 is 0. The van der Waals surface area contributed by atoms with Gasteiger partial charge in [0.2, 0.25) is 5.91 Å². The highest BCUT2D eigenvalue weighted by molar-refractivity contribution is 5.83. The molecule has 1 atom stereocenters. The van der Waals surface area contributed by atoms with Gasteiger partial charge in [0, 0.05) is 13.5 Å². The molecule has 0 aromatic carbocycles. The highest BCUT2D eigenvalue weighted by atomic mass is 16.4. The molecule has 4 heteroatoms. The molecule has 0 radical (unpaired) electrons. The molecular weight excluding hydrogens is 218 g/mol. The summed E-state index contributed by atoms with van der Waals surface area (Å²) in [6.45, 7) is 9.62. The van der Waals surface area contributed by atoms with E-state index in [0.29, 0.717) is 6.42 Å². The number of aliphatic carboxylic acids is 1. The number of rotatable bonds is 6. The maximum atomic E-state index is 11.6. The lowest BCUT2D eigenvalue weighted by Crippen LogP contribution is -2.45. The molecule has 17 heavy (non-hydrogen) atoms. The second-order valence-electron chi connectivity index (χ2n) is 4.14. The molecule has 0 spiro atoms. The normalized spacial score (nSPS) is 11.5. The van der Waals surface area contributed by atoms with Crippen LogP contribution in [-0.4, -0.2) is 35.0 Å². The van der Waals surface area contributed by atoms with Gasteiger partial charge < -0.3 is 10.0 Å². The predicted molar refractivity (Wildman–Crippen MR) is 69.9 cm³/mol. The van der Waals surface area contributed by atoms with Crippen molar-refractivity contribution < 1.29 is 14.7 Å². The number of hydrogen-bond donors (Lipinski definition) is 1. The van der Waals surface area contributed by atoms with Crippen LogP contribution >= 0.6 is 0 Å². The Balaban J connectivity index is 0. The second kappa shape index (κ2) is 10.1. The number of carboxylic acid groups (broad SMARTS) is 1.